The highest BCUT2D eigenvalue weighted by atomic mass is 32.1. The van der Waals surface area contributed by atoms with Crippen molar-refractivity contribution in [1.82, 2.24) is 20.0 Å². The Hall–Kier alpha value is -3.19. The normalized spacial score (nSPS) is 18.0. The molecule has 13 heteroatoms. The minimum absolute atomic E-state index is 0.0454. The average Bonchev–Trinajstić information content (AvgIpc) is 3.36. The Bertz CT molecular complexity index is 1110. The van der Waals surface area contributed by atoms with Crippen molar-refractivity contribution in [3.63, 3.8) is 0 Å². The van der Waals surface area contributed by atoms with Crippen LogP contribution in [0.1, 0.15) is 24.8 Å². The lowest BCUT2D eigenvalue weighted by molar-refractivity contribution is -0.142. The second kappa shape index (κ2) is 8.06. The molecule has 0 bridgehead atoms. The van der Waals surface area contributed by atoms with Gasteiger partial charge in [-0.15, -0.1) is 10.2 Å². The molecule has 32 heavy (non-hydrogen) atoms. The number of ether oxygens (including phenoxy) is 1. The van der Waals surface area contributed by atoms with Crippen molar-refractivity contribution < 1.29 is 38.1 Å². The fourth-order valence-electron chi connectivity index (χ4n) is 3.61. The van der Waals surface area contributed by atoms with Crippen LogP contribution in [0.25, 0.3) is 10.6 Å². The Labute approximate surface area is 184 Å². The Morgan fingerprint density at radius 3 is 2.69 bits per heavy atom. The van der Waals surface area contributed by atoms with E-state index in [0.29, 0.717) is 17.8 Å². The number of carboxylic acids is 1. The van der Waals surface area contributed by atoms with E-state index in [1.54, 1.807) is 6.92 Å². The molecule has 2 aliphatic rings. The SMILES string of the molecule is C[C@H](COCC(=O)O)N1C(=O)N(Cc2nnc(-c3ccc(F)c(O)c3F)s2)C2(CC2)C1=O. The van der Waals surface area contributed by atoms with Crippen LogP contribution in [0, 0.1) is 11.6 Å². The average molecular weight is 468 g/mol. The van der Waals surface area contributed by atoms with Gasteiger partial charge in [0.1, 0.15) is 17.2 Å². The molecule has 1 spiro atoms. The number of aromatic nitrogens is 2. The number of imide groups is 1. The molecule has 10 nitrogen and oxygen atoms in total. The molecule has 1 atom stereocenters. The highest BCUT2D eigenvalue weighted by Crippen LogP contribution is 2.49. The lowest BCUT2D eigenvalue weighted by Crippen LogP contribution is -2.42. The van der Waals surface area contributed by atoms with Crippen LogP contribution in [0.2, 0.25) is 0 Å². The van der Waals surface area contributed by atoms with E-state index >= 15 is 0 Å². The third-order valence-corrected chi connectivity index (χ3v) is 6.32. The Kier molecular flexibility index (Phi) is 5.54. The first kappa shape index (κ1) is 22.0. The predicted octanol–water partition coefficient (Wildman–Crippen LogP) is 1.98. The summed E-state index contributed by atoms with van der Waals surface area (Å²) in [4.78, 5) is 39.0. The van der Waals surface area contributed by atoms with Crippen molar-refractivity contribution in [1.29, 1.82) is 0 Å². The molecule has 2 heterocycles. The third kappa shape index (κ3) is 3.66. The van der Waals surface area contributed by atoms with Gasteiger partial charge in [0.15, 0.2) is 22.4 Å². The van der Waals surface area contributed by atoms with Crippen molar-refractivity contribution in [2.75, 3.05) is 13.2 Å². The number of benzene rings is 1. The molecule has 0 radical (unpaired) electrons. The molecule has 4 rings (SSSR count). The van der Waals surface area contributed by atoms with Crippen molar-refractivity contribution in [3.05, 3.63) is 28.8 Å². The van der Waals surface area contributed by atoms with Crippen molar-refractivity contribution in [2.45, 2.75) is 37.9 Å². The number of aliphatic carboxylic acids is 1. The predicted molar refractivity (Wildman–Crippen MR) is 105 cm³/mol. The van der Waals surface area contributed by atoms with Gasteiger partial charge >= 0.3 is 12.0 Å². The number of phenols is 1. The molecular formula is C19H18F2N4O6S. The van der Waals surface area contributed by atoms with Crippen LogP contribution < -0.4 is 0 Å². The van der Waals surface area contributed by atoms with E-state index in [2.05, 4.69) is 10.2 Å². The maximum Gasteiger partial charge on any atom is 0.329 e. The second-order valence-electron chi connectivity index (χ2n) is 7.59. The van der Waals surface area contributed by atoms with Crippen LogP contribution in [0.3, 0.4) is 0 Å². The number of nitrogens with zero attached hydrogens (tertiary/aromatic N) is 4. The lowest BCUT2D eigenvalue weighted by atomic mass is 10.2. The zero-order chi connectivity index (χ0) is 23.2. The summed E-state index contributed by atoms with van der Waals surface area (Å²) in [5.74, 6) is -4.93. The minimum atomic E-state index is -1.17. The number of rotatable bonds is 8. The van der Waals surface area contributed by atoms with Gasteiger partial charge in [-0.05, 0) is 31.9 Å². The first-order chi connectivity index (χ1) is 15.2. The number of hydrogen-bond donors (Lipinski definition) is 2. The quantitative estimate of drug-likeness (QED) is 0.562. The monoisotopic (exact) mass is 468 g/mol. The van der Waals surface area contributed by atoms with Gasteiger partial charge in [0, 0.05) is 0 Å². The van der Waals surface area contributed by atoms with Crippen LogP contribution in [0.4, 0.5) is 13.6 Å². The van der Waals surface area contributed by atoms with Gasteiger partial charge in [-0.1, -0.05) is 11.3 Å². The summed E-state index contributed by atoms with van der Waals surface area (Å²) in [7, 11) is 0. The van der Waals surface area contributed by atoms with Crippen LogP contribution in [-0.4, -0.2) is 72.9 Å². The third-order valence-electron chi connectivity index (χ3n) is 5.38. The number of halogens is 2. The maximum atomic E-state index is 14.2. The number of aromatic hydroxyl groups is 1. The standard InChI is InChI=1S/C19H18F2N4O6S/c1-9(7-31-8-13(26)27)25-17(29)19(4-5-19)24(18(25)30)6-12-22-23-16(32-12)10-2-3-11(20)15(28)14(10)21/h2-3,9,28H,4-8H2,1H3,(H,26,27)/t9-/m1/s1. The Morgan fingerprint density at radius 1 is 1.31 bits per heavy atom. The summed E-state index contributed by atoms with van der Waals surface area (Å²) in [6, 6.07) is 0.809. The van der Waals surface area contributed by atoms with Gasteiger partial charge in [-0.25, -0.2) is 18.4 Å². The van der Waals surface area contributed by atoms with Gasteiger partial charge in [-0.2, -0.15) is 0 Å². The first-order valence-corrected chi connectivity index (χ1v) is 10.4. The molecule has 0 unspecified atom stereocenters. The van der Waals surface area contributed by atoms with E-state index in [0.717, 1.165) is 28.4 Å². The summed E-state index contributed by atoms with van der Waals surface area (Å²) in [6.07, 6.45) is 0.950. The minimum Gasteiger partial charge on any atom is -0.503 e. The topological polar surface area (TPSA) is 133 Å². The van der Waals surface area contributed by atoms with Gasteiger partial charge < -0.3 is 19.8 Å². The number of carboxylic acid groups (broad SMARTS) is 1. The first-order valence-electron chi connectivity index (χ1n) is 9.60. The van der Waals surface area contributed by atoms with Crippen LogP contribution in [-0.2, 0) is 20.9 Å². The highest BCUT2D eigenvalue weighted by molar-refractivity contribution is 7.14. The fraction of sp³-hybridized carbons (Fsp3) is 0.421. The molecular weight excluding hydrogens is 450 g/mol. The van der Waals surface area contributed by atoms with Crippen LogP contribution >= 0.6 is 11.3 Å². The van der Waals surface area contributed by atoms with E-state index in [1.807, 2.05) is 0 Å². The van der Waals surface area contributed by atoms with Gasteiger partial charge in [-0.3, -0.25) is 9.69 Å². The van der Waals surface area contributed by atoms with Gasteiger partial charge in [0.05, 0.1) is 24.8 Å². The second-order valence-corrected chi connectivity index (χ2v) is 8.65. The molecule has 1 saturated carbocycles. The molecule has 1 aromatic heterocycles. The number of carbonyl (C=O) groups excluding carboxylic acids is 2. The summed E-state index contributed by atoms with van der Waals surface area (Å²) in [5.41, 5.74) is -1.12. The molecule has 170 valence electrons. The zero-order valence-corrected chi connectivity index (χ0v) is 17.6. The lowest BCUT2D eigenvalue weighted by Gasteiger charge is -2.22. The van der Waals surface area contributed by atoms with E-state index in [1.165, 1.54) is 4.90 Å². The van der Waals surface area contributed by atoms with Gasteiger partial charge in [0.2, 0.25) is 0 Å². The largest absolute Gasteiger partial charge is 0.503 e. The van der Waals surface area contributed by atoms with Crippen molar-refractivity contribution >= 4 is 29.2 Å². The molecule has 1 aromatic carbocycles. The number of urea groups is 1. The van der Waals surface area contributed by atoms with Crippen LogP contribution in [0.5, 0.6) is 5.75 Å². The summed E-state index contributed by atoms with van der Waals surface area (Å²) in [6.45, 7) is 0.878. The van der Waals surface area contributed by atoms with E-state index in [9.17, 15) is 28.3 Å². The Morgan fingerprint density at radius 2 is 2.03 bits per heavy atom. The highest BCUT2D eigenvalue weighted by Gasteiger charge is 2.65. The molecule has 3 amide bonds. The molecule has 1 saturated heterocycles. The van der Waals surface area contributed by atoms with E-state index in [4.69, 9.17) is 9.84 Å². The molecule has 2 aromatic rings. The smallest absolute Gasteiger partial charge is 0.329 e. The Balaban J connectivity index is 1.51. The molecule has 2 N–H and O–H groups in total. The maximum absolute atomic E-state index is 14.2. The van der Waals surface area contributed by atoms with E-state index < -0.39 is 47.6 Å². The van der Waals surface area contributed by atoms with Gasteiger partial charge in [0.25, 0.3) is 5.91 Å². The van der Waals surface area contributed by atoms with Crippen molar-refractivity contribution in [2.24, 2.45) is 0 Å². The summed E-state index contributed by atoms with van der Waals surface area (Å²) < 4.78 is 32.5. The molecule has 2 fully saturated rings. The molecule has 1 aliphatic heterocycles. The number of carbonyl (C=O) groups is 3. The summed E-state index contributed by atoms with van der Waals surface area (Å²) >= 11 is 0.951. The zero-order valence-electron chi connectivity index (χ0n) is 16.7. The van der Waals surface area contributed by atoms with Crippen LogP contribution in [0.15, 0.2) is 12.1 Å². The number of phenolic OH excluding ortho intramolecular Hbond substituents is 1. The number of amides is 3. The summed E-state index contributed by atoms with van der Waals surface area (Å²) in [5, 5.41) is 26.4. The fourth-order valence-corrected chi connectivity index (χ4v) is 4.46. The van der Waals surface area contributed by atoms with Crippen molar-refractivity contribution in [3.8, 4) is 16.3 Å². The molecule has 1 aliphatic carbocycles. The number of hydrogen-bond acceptors (Lipinski definition) is 8. The van der Waals surface area contributed by atoms with E-state index in [-0.39, 0.29) is 29.6 Å².